The third-order valence-corrected chi connectivity index (χ3v) is 3.47. The van der Waals surface area contributed by atoms with Gasteiger partial charge in [0.2, 0.25) is 5.91 Å². The predicted molar refractivity (Wildman–Crippen MR) is 75.6 cm³/mol. The highest BCUT2D eigenvalue weighted by molar-refractivity contribution is 5.78. The van der Waals surface area contributed by atoms with Crippen LogP contribution in [0.3, 0.4) is 0 Å². The molecule has 19 heavy (non-hydrogen) atoms. The number of carbonyl (C=O) groups excluding carboxylic acids is 1. The van der Waals surface area contributed by atoms with Crippen LogP contribution in [0.1, 0.15) is 24.8 Å². The number of hydrogen-bond donors (Lipinski definition) is 2. The van der Waals surface area contributed by atoms with Gasteiger partial charge in [-0.25, -0.2) is 0 Å². The van der Waals surface area contributed by atoms with Gasteiger partial charge in [0, 0.05) is 18.9 Å². The van der Waals surface area contributed by atoms with E-state index in [1.54, 1.807) is 0 Å². The summed E-state index contributed by atoms with van der Waals surface area (Å²) < 4.78 is 0. The summed E-state index contributed by atoms with van der Waals surface area (Å²) in [6.07, 6.45) is 6.95. The van der Waals surface area contributed by atoms with E-state index in [0.717, 1.165) is 24.8 Å². The Morgan fingerprint density at radius 3 is 2.79 bits per heavy atom. The van der Waals surface area contributed by atoms with Crippen molar-refractivity contribution in [3.05, 3.63) is 48.0 Å². The van der Waals surface area contributed by atoms with Gasteiger partial charge < -0.3 is 10.4 Å². The van der Waals surface area contributed by atoms with Crippen LogP contribution in [-0.2, 0) is 11.2 Å². The summed E-state index contributed by atoms with van der Waals surface area (Å²) >= 11 is 0. The van der Waals surface area contributed by atoms with Crippen molar-refractivity contribution in [2.75, 3.05) is 6.54 Å². The molecule has 0 aliphatic heterocycles. The van der Waals surface area contributed by atoms with E-state index in [9.17, 15) is 9.90 Å². The number of nitrogens with one attached hydrogen (secondary N) is 1. The normalized spacial score (nSPS) is 19.9. The van der Waals surface area contributed by atoms with Crippen molar-refractivity contribution in [2.45, 2.75) is 31.8 Å². The van der Waals surface area contributed by atoms with E-state index in [-0.39, 0.29) is 11.8 Å². The van der Waals surface area contributed by atoms with Crippen LogP contribution in [-0.4, -0.2) is 23.7 Å². The quantitative estimate of drug-likeness (QED) is 0.795. The van der Waals surface area contributed by atoms with Crippen molar-refractivity contribution in [2.24, 2.45) is 5.92 Å². The van der Waals surface area contributed by atoms with E-state index < -0.39 is 6.10 Å². The number of carbonyl (C=O) groups is 1. The summed E-state index contributed by atoms with van der Waals surface area (Å²) in [5, 5.41) is 12.8. The largest absolute Gasteiger partial charge is 0.391 e. The summed E-state index contributed by atoms with van der Waals surface area (Å²) in [5.41, 5.74) is 1.09. The molecule has 0 aromatic heterocycles. The Labute approximate surface area is 114 Å². The van der Waals surface area contributed by atoms with Crippen LogP contribution in [0, 0.1) is 5.92 Å². The molecule has 3 nitrogen and oxygen atoms in total. The van der Waals surface area contributed by atoms with Crippen LogP contribution >= 0.6 is 0 Å². The molecule has 2 atom stereocenters. The monoisotopic (exact) mass is 259 g/mol. The number of rotatable bonds is 5. The minimum Gasteiger partial charge on any atom is -0.391 e. The number of allylic oxidation sites excluding steroid dienone is 2. The average Bonchev–Trinajstić information content (AvgIpc) is 2.47. The zero-order valence-electron chi connectivity index (χ0n) is 11.1. The first-order valence-electron chi connectivity index (χ1n) is 6.90. The van der Waals surface area contributed by atoms with Crippen molar-refractivity contribution in [1.82, 2.24) is 5.32 Å². The Bertz CT molecular complexity index is 428. The highest BCUT2D eigenvalue weighted by atomic mass is 16.3. The van der Waals surface area contributed by atoms with Gasteiger partial charge in [0.15, 0.2) is 0 Å². The van der Waals surface area contributed by atoms with Crippen molar-refractivity contribution in [3.8, 4) is 0 Å². The lowest BCUT2D eigenvalue weighted by Gasteiger charge is -2.18. The molecule has 1 aliphatic carbocycles. The molecular formula is C16H21NO2. The molecule has 0 fully saturated rings. The predicted octanol–water partition coefficient (Wildman–Crippen LogP) is 2.06. The molecule has 0 saturated heterocycles. The van der Waals surface area contributed by atoms with Gasteiger partial charge in [0.05, 0.1) is 6.10 Å². The maximum atomic E-state index is 11.9. The molecule has 1 aromatic rings. The molecule has 1 amide bonds. The molecule has 1 aliphatic rings. The molecule has 2 N–H and O–H groups in total. The minimum atomic E-state index is -0.523. The highest BCUT2D eigenvalue weighted by Gasteiger charge is 2.19. The Morgan fingerprint density at radius 2 is 2.11 bits per heavy atom. The first kappa shape index (κ1) is 13.8. The van der Waals surface area contributed by atoms with Crippen LogP contribution in [0.2, 0.25) is 0 Å². The maximum absolute atomic E-state index is 11.9. The molecule has 0 radical (unpaired) electrons. The second-order valence-corrected chi connectivity index (χ2v) is 5.07. The van der Waals surface area contributed by atoms with Gasteiger partial charge in [-0.1, -0.05) is 42.5 Å². The van der Waals surface area contributed by atoms with E-state index in [0.29, 0.717) is 13.0 Å². The second kappa shape index (κ2) is 7.10. The Morgan fingerprint density at radius 1 is 1.32 bits per heavy atom. The lowest BCUT2D eigenvalue weighted by atomic mass is 9.93. The fourth-order valence-electron chi connectivity index (χ4n) is 2.35. The fourth-order valence-corrected chi connectivity index (χ4v) is 2.35. The number of amides is 1. The van der Waals surface area contributed by atoms with Gasteiger partial charge >= 0.3 is 0 Å². The molecule has 1 aromatic carbocycles. The molecule has 0 bridgehead atoms. The van der Waals surface area contributed by atoms with Gasteiger partial charge in [0.25, 0.3) is 0 Å². The Hall–Kier alpha value is -1.61. The van der Waals surface area contributed by atoms with E-state index in [1.165, 1.54) is 0 Å². The van der Waals surface area contributed by atoms with Gasteiger partial charge in [-0.05, 0) is 24.8 Å². The fraction of sp³-hybridized carbons (Fsp3) is 0.438. The summed E-state index contributed by atoms with van der Waals surface area (Å²) in [7, 11) is 0. The van der Waals surface area contributed by atoms with E-state index in [1.807, 2.05) is 30.3 Å². The molecule has 102 valence electrons. The highest BCUT2D eigenvalue weighted by Crippen LogP contribution is 2.17. The molecule has 0 saturated carbocycles. The SMILES string of the molecule is O=C(NC[C@@H](O)Cc1ccccc1)[C@H]1CC=CCC1. The number of aliphatic hydroxyl groups excluding tert-OH is 1. The first-order chi connectivity index (χ1) is 9.25. The molecule has 0 unspecified atom stereocenters. The lowest BCUT2D eigenvalue weighted by Crippen LogP contribution is -2.37. The molecular weight excluding hydrogens is 238 g/mol. The van der Waals surface area contributed by atoms with Crippen LogP contribution in [0.15, 0.2) is 42.5 Å². The van der Waals surface area contributed by atoms with Crippen molar-refractivity contribution < 1.29 is 9.90 Å². The van der Waals surface area contributed by atoms with Gasteiger partial charge in [-0.2, -0.15) is 0 Å². The lowest BCUT2D eigenvalue weighted by molar-refractivity contribution is -0.125. The Balaban J connectivity index is 1.72. The third kappa shape index (κ3) is 4.52. The van der Waals surface area contributed by atoms with Crippen LogP contribution in [0.5, 0.6) is 0 Å². The third-order valence-electron chi connectivity index (χ3n) is 3.47. The summed E-state index contributed by atoms with van der Waals surface area (Å²) in [5.74, 6) is 0.144. The topological polar surface area (TPSA) is 49.3 Å². The summed E-state index contributed by atoms with van der Waals surface area (Å²) in [6, 6.07) is 9.83. The standard InChI is InChI=1S/C16H21NO2/c18-15(11-13-7-3-1-4-8-13)12-17-16(19)14-9-5-2-6-10-14/h1-5,7-8,14-15,18H,6,9-12H2,(H,17,19)/t14-,15-/m0/s1. The van der Waals surface area contributed by atoms with Crippen LogP contribution in [0.25, 0.3) is 0 Å². The Kier molecular flexibility index (Phi) is 5.16. The molecule has 0 spiro atoms. The molecule has 2 rings (SSSR count). The van der Waals surface area contributed by atoms with Gasteiger partial charge in [-0.15, -0.1) is 0 Å². The summed E-state index contributed by atoms with van der Waals surface area (Å²) in [4.78, 5) is 11.9. The van der Waals surface area contributed by atoms with Crippen molar-refractivity contribution in [1.29, 1.82) is 0 Å². The number of benzene rings is 1. The van der Waals surface area contributed by atoms with E-state index in [2.05, 4.69) is 17.5 Å². The molecule has 0 heterocycles. The van der Waals surface area contributed by atoms with Crippen molar-refractivity contribution >= 4 is 5.91 Å². The maximum Gasteiger partial charge on any atom is 0.223 e. The van der Waals surface area contributed by atoms with Crippen LogP contribution in [0.4, 0.5) is 0 Å². The zero-order valence-corrected chi connectivity index (χ0v) is 11.1. The minimum absolute atomic E-state index is 0.0662. The summed E-state index contributed by atoms with van der Waals surface area (Å²) in [6.45, 7) is 0.327. The second-order valence-electron chi connectivity index (χ2n) is 5.07. The zero-order chi connectivity index (χ0) is 13.5. The first-order valence-corrected chi connectivity index (χ1v) is 6.90. The molecule has 3 heteroatoms. The van der Waals surface area contributed by atoms with Crippen molar-refractivity contribution in [3.63, 3.8) is 0 Å². The number of hydrogen-bond acceptors (Lipinski definition) is 2. The van der Waals surface area contributed by atoms with Gasteiger partial charge in [-0.3, -0.25) is 4.79 Å². The number of aliphatic hydroxyl groups is 1. The van der Waals surface area contributed by atoms with E-state index in [4.69, 9.17) is 0 Å². The van der Waals surface area contributed by atoms with E-state index >= 15 is 0 Å². The average molecular weight is 259 g/mol. The van der Waals surface area contributed by atoms with Crippen LogP contribution < -0.4 is 5.32 Å². The smallest absolute Gasteiger partial charge is 0.223 e. The van der Waals surface area contributed by atoms with Gasteiger partial charge in [0.1, 0.15) is 0 Å².